The normalized spacial score (nSPS) is 18.6. The van der Waals surface area contributed by atoms with E-state index in [0.29, 0.717) is 19.6 Å². The second-order valence-electron chi connectivity index (χ2n) is 5.03. The first kappa shape index (κ1) is 15.2. The first-order valence-corrected chi connectivity index (χ1v) is 6.26. The molecule has 6 heteroatoms. The number of carbonyl (C=O) groups is 3. The molecule has 1 N–H and O–H groups in total. The van der Waals surface area contributed by atoms with Gasteiger partial charge in [-0.15, -0.1) is 0 Å². The van der Waals surface area contributed by atoms with Gasteiger partial charge in [0.2, 0.25) is 5.91 Å². The Labute approximate surface area is 112 Å². The summed E-state index contributed by atoms with van der Waals surface area (Å²) >= 11 is 0. The van der Waals surface area contributed by atoms with Crippen LogP contribution in [0.25, 0.3) is 0 Å². The highest BCUT2D eigenvalue weighted by Crippen LogP contribution is 2.19. The van der Waals surface area contributed by atoms with Crippen molar-refractivity contribution in [3.8, 4) is 0 Å². The molecule has 0 aliphatic carbocycles. The Hall–Kier alpha value is -1.85. The minimum atomic E-state index is -0.622. The van der Waals surface area contributed by atoms with Gasteiger partial charge in [0.1, 0.15) is 12.8 Å². The molecule has 0 aromatic heterocycles. The summed E-state index contributed by atoms with van der Waals surface area (Å²) in [4.78, 5) is 35.4. The highest BCUT2D eigenvalue weighted by molar-refractivity contribution is 5.85. The fourth-order valence-corrected chi connectivity index (χ4v) is 1.77. The van der Waals surface area contributed by atoms with E-state index in [4.69, 9.17) is 4.74 Å². The predicted octanol–water partition coefficient (Wildman–Crippen LogP) is 0.725. The third-order valence-corrected chi connectivity index (χ3v) is 2.70. The number of nitrogens with zero attached hydrogens (tertiary/aromatic N) is 1. The minimum absolute atomic E-state index is 0.172. The van der Waals surface area contributed by atoms with Crippen LogP contribution < -0.4 is 5.32 Å². The number of likely N-dealkylation sites (tertiary alicyclic amines) is 1. The molecular formula is C13H20N2O4. The smallest absolute Gasteiger partial charge is 0.407 e. The van der Waals surface area contributed by atoms with Gasteiger partial charge in [-0.2, -0.15) is 0 Å². The Kier molecular flexibility index (Phi) is 5.54. The van der Waals surface area contributed by atoms with Crippen molar-refractivity contribution in [2.45, 2.75) is 26.3 Å². The number of hydrogen-bond donors (Lipinski definition) is 1. The molecule has 0 saturated carbocycles. The van der Waals surface area contributed by atoms with Crippen LogP contribution in [0.3, 0.4) is 0 Å². The molecule has 0 aromatic carbocycles. The molecule has 1 aliphatic rings. The number of alkyl carbamates (subject to hydrolysis) is 1. The van der Waals surface area contributed by atoms with Crippen LogP contribution in [-0.4, -0.2) is 48.9 Å². The number of amides is 2. The largest absolute Gasteiger partial charge is 0.449 e. The Balaban J connectivity index is 2.36. The molecule has 2 amide bonds. The van der Waals surface area contributed by atoms with E-state index >= 15 is 0 Å². The third kappa shape index (κ3) is 4.73. The van der Waals surface area contributed by atoms with E-state index in [2.05, 4.69) is 11.9 Å². The van der Waals surface area contributed by atoms with Crippen LogP contribution in [0, 0.1) is 5.92 Å². The van der Waals surface area contributed by atoms with Crippen LogP contribution in [0.5, 0.6) is 0 Å². The Morgan fingerprint density at radius 3 is 2.84 bits per heavy atom. The first-order chi connectivity index (χ1) is 8.93. The molecule has 0 radical (unpaired) electrons. The van der Waals surface area contributed by atoms with Crippen LogP contribution in [0.15, 0.2) is 12.2 Å². The molecule has 1 heterocycles. The lowest BCUT2D eigenvalue weighted by molar-refractivity contribution is -0.133. The summed E-state index contributed by atoms with van der Waals surface area (Å²) in [6.45, 7) is 8.10. The maximum atomic E-state index is 11.9. The van der Waals surface area contributed by atoms with Gasteiger partial charge in [0.05, 0.1) is 12.6 Å². The highest BCUT2D eigenvalue weighted by atomic mass is 16.5. The molecular weight excluding hydrogens is 248 g/mol. The van der Waals surface area contributed by atoms with Crippen molar-refractivity contribution >= 4 is 18.3 Å². The lowest BCUT2D eigenvalue weighted by atomic mass is 10.2. The summed E-state index contributed by atoms with van der Waals surface area (Å²) in [5.41, 5.74) is 0.841. The lowest BCUT2D eigenvalue weighted by Gasteiger charge is -2.20. The van der Waals surface area contributed by atoms with Crippen molar-refractivity contribution in [3.05, 3.63) is 12.2 Å². The van der Waals surface area contributed by atoms with E-state index in [0.717, 1.165) is 11.9 Å². The number of carbonyl (C=O) groups excluding carboxylic acids is 3. The Bertz CT molecular complexity index is 379. The molecule has 106 valence electrons. The molecule has 1 atom stereocenters. The first-order valence-electron chi connectivity index (χ1n) is 6.26. The van der Waals surface area contributed by atoms with E-state index in [1.807, 2.05) is 13.8 Å². The van der Waals surface area contributed by atoms with Gasteiger partial charge in [-0.05, 0) is 12.3 Å². The van der Waals surface area contributed by atoms with Gasteiger partial charge >= 0.3 is 6.09 Å². The average Bonchev–Trinajstić information content (AvgIpc) is 2.74. The van der Waals surface area contributed by atoms with Gasteiger partial charge in [0, 0.05) is 6.54 Å². The Morgan fingerprint density at radius 2 is 2.26 bits per heavy atom. The van der Waals surface area contributed by atoms with Crippen molar-refractivity contribution in [3.63, 3.8) is 0 Å². The maximum Gasteiger partial charge on any atom is 0.407 e. The summed E-state index contributed by atoms with van der Waals surface area (Å²) in [5.74, 6) is -0.0694. The zero-order valence-electron chi connectivity index (χ0n) is 11.3. The molecule has 1 fully saturated rings. The zero-order valence-corrected chi connectivity index (χ0v) is 11.3. The fraction of sp³-hybridized carbons (Fsp3) is 0.615. The minimum Gasteiger partial charge on any atom is -0.449 e. The van der Waals surface area contributed by atoms with Crippen LogP contribution in [0.1, 0.15) is 20.3 Å². The van der Waals surface area contributed by atoms with Crippen molar-refractivity contribution in [2.24, 2.45) is 5.92 Å². The van der Waals surface area contributed by atoms with Gasteiger partial charge in [0.15, 0.2) is 0 Å². The quantitative estimate of drug-likeness (QED) is 0.589. The fourth-order valence-electron chi connectivity index (χ4n) is 1.77. The van der Waals surface area contributed by atoms with E-state index < -0.39 is 12.1 Å². The van der Waals surface area contributed by atoms with Crippen LogP contribution in [0.2, 0.25) is 0 Å². The monoisotopic (exact) mass is 268 g/mol. The van der Waals surface area contributed by atoms with Crippen LogP contribution >= 0.6 is 0 Å². The van der Waals surface area contributed by atoms with Crippen molar-refractivity contribution in [1.82, 2.24) is 10.2 Å². The lowest BCUT2D eigenvalue weighted by Crippen LogP contribution is -2.43. The van der Waals surface area contributed by atoms with E-state index in [-0.39, 0.29) is 18.4 Å². The number of rotatable bonds is 5. The summed E-state index contributed by atoms with van der Waals surface area (Å²) < 4.78 is 4.88. The van der Waals surface area contributed by atoms with Crippen molar-refractivity contribution in [1.29, 1.82) is 0 Å². The number of aldehydes is 1. The van der Waals surface area contributed by atoms with Gasteiger partial charge in [-0.1, -0.05) is 26.0 Å². The number of nitrogens with one attached hydrogen (secondary N) is 1. The van der Waals surface area contributed by atoms with Crippen molar-refractivity contribution in [2.75, 3.05) is 19.7 Å². The highest BCUT2D eigenvalue weighted by Gasteiger charge is 2.30. The molecule has 6 nitrogen and oxygen atoms in total. The third-order valence-electron chi connectivity index (χ3n) is 2.70. The molecule has 1 aliphatic heterocycles. The van der Waals surface area contributed by atoms with E-state index in [1.165, 1.54) is 4.90 Å². The molecule has 0 unspecified atom stereocenters. The SMILES string of the molecule is C=C1C[C@@H](C=O)N(C(=O)CNC(=O)OCC(C)C)C1. The van der Waals surface area contributed by atoms with Gasteiger partial charge in [-0.25, -0.2) is 4.79 Å². The molecule has 0 bridgehead atoms. The average molecular weight is 268 g/mol. The maximum absolute atomic E-state index is 11.9. The molecule has 1 saturated heterocycles. The topological polar surface area (TPSA) is 75.7 Å². The van der Waals surface area contributed by atoms with Gasteiger partial charge in [-0.3, -0.25) is 4.79 Å². The zero-order chi connectivity index (χ0) is 14.4. The molecule has 19 heavy (non-hydrogen) atoms. The van der Waals surface area contributed by atoms with Crippen LogP contribution in [0.4, 0.5) is 4.79 Å². The van der Waals surface area contributed by atoms with E-state index in [1.54, 1.807) is 0 Å². The second kappa shape index (κ2) is 6.92. The van der Waals surface area contributed by atoms with Crippen LogP contribution in [-0.2, 0) is 14.3 Å². The summed E-state index contributed by atoms with van der Waals surface area (Å²) in [6.07, 6.45) is 0.600. The molecule has 0 spiro atoms. The Morgan fingerprint density at radius 1 is 1.58 bits per heavy atom. The van der Waals surface area contributed by atoms with E-state index in [9.17, 15) is 14.4 Å². The molecule has 0 aromatic rings. The summed E-state index contributed by atoms with van der Waals surface area (Å²) in [5, 5.41) is 2.38. The predicted molar refractivity (Wildman–Crippen MR) is 69.5 cm³/mol. The van der Waals surface area contributed by atoms with Crippen molar-refractivity contribution < 1.29 is 19.1 Å². The second-order valence-corrected chi connectivity index (χ2v) is 5.03. The van der Waals surface area contributed by atoms with Gasteiger partial charge < -0.3 is 19.7 Å². The van der Waals surface area contributed by atoms with Gasteiger partial charge in [0.25, 0.3) is 0 Å². The molecule has 1 rings (SSSR count). The standard InChI is InChI=1S/C13H20N2O4/c1-9(2)8-19-13(18)14-5-12(17)15-6-10(3)4-11(15)7-16/h7,9,11H,3-6,8H2,1-2H3,(H,14,18)/t11-/m0/s1. The number of ether oxygens (including phenoxy) is 1. The number of hydrogen-bond acceptors (Lipinski definition) is 4. The summed E-state index contributed by atoms with van der Waals surface area (Å²) in [6, 6.07) is -0.464. The summed E-state index contributed by atoms with van der Waals surface area (Å²) in [7, 11) is 0.